The fraction of sp³-hybridized carbons (Fsp3) is 0.586. The average molecular weight is 459 g/mol. The monoisotopic (exact) mass is 458 g/mol. The van der Waals surface area contributed by atoms with Crippen LogP contribution in [0, 0.1) is 0 Å². The van der Waals surface area contributed by atoms with Crippen molar-refractivity contribution < 1.29 is 19.3 Å². The maximum Gasteiger partial charge on any atom is 0.120 e. The van der Waals surface area contributed by atoms with E-state index >= 15 is 0 Å². The maximum absolute atomic E-state index is 9.49. The highest BCUT2D eigenvalue weighted by Crippen LogP contribution is 2.33. The third kappa shape index (κ3) is 11.1. The summed E-state index contributed by atoms with van der Waals surface area (Å²) in [6.45, 7) is 19.2. The van der Waals surface area contributed by atoms with E-state index in [1.165, 1.54) is 18.4 Å². The second-order valence-electron chi connectivity index (χ2n) is 9.78. The largest absolute Gasteiger partial charge is 0.508 e. The minimum absolute atomic E-state index is 0.142. The molecule has 2 rings (SSSR count). The van der Waals surface area contributed by atoms with Gasteiger partial charge in [0.05, 0.1) is 12.7 Å². The SMILES string of the molecule is CCCCOC(C)C.CCOCCC(C)(C)Oc1ccc(C(C)(C)c2ccc(O)cc2)cc1. The molecule has 0 aliphatic rings. The van der Waals surface area contributed by atoms with E-state index in [4.69, 9.17) is 14.2 Å². The van der Waals surface area contributed by atoms with Gasteiger partial charge in [-0.05, 0) is 76.4 Å². The van der Waals surface area contributed by atoms with E-state index in [0.29, 0.717) is 12.7 Å². The van der Waals surface area contributed by atoms with Crippen molar-refractivity contribution in [3.05, 3.63) is 59.7 Å². The van der Waals surface area contributed by atoms with Crippen LogP contribution in [0.4, 0.5) is 0 Å². The first kappa shape index (κ1) is 29.0. The number of ether oxygens (including phenoxy) is 3. The third-order valence-corrected chi connectivity index (χ3v) is 5.56. The van der Waals surface area contributed by atoms with Gasteiger partial charge in [0.2, 0.25) is 0 Å². The molecule has 0 bridgehead atoms. The van der Waals surface area contributed by atoms with Crippen molar-refractivity contribution >= 4 is 0 Å². The van der Waals surface area contributed by atoms with Crippen molar-refractivity contribution in [1.82, 2.24) is 0 Å². The van der Waals surface area contributed by atoms with E-state index in [1.807, 2.05) is 31.2 Å². The van der Waals surface area contributed by atoms with Crippen LogP contribution in [-0.2, 0) is 14.9 Å². The molecule has 0 radical (unpaired) electrons. The number of phenolic OH excluding ortho intramolecular Hbond substituents is 1. The number of benzene rings is 2. The third-order valence-electron chi connectivity index (χ3n) is 5.56. The lowest BCUT2D eigenvalue weighted by molar-refractivity contribution is 0.0505. The van der Waals surface area contributed by atoms with Crippen molar-refractivity contribution in [2.45, 2.75) is 91.8 Å². The number of aromatic hydroxyl groups is 1. The van der Waals surface area contributed by atoms with Crippen molar-refractivity contribution in [3.63, 3.8) is 0 Å². The van der Waals surface area contributed by atoms with Crippen LogP contribution >= 0.6 is 0 Å². The molecule has 0 aromatic heterocycles. The molecule has 0 saturated heterocycles. The molecule has 186 valence electrons. The smallest absolute Gasteiger partial charge is 0.120 e. The molecule has 1 N–H and O–H groups in total. The standard InChI is InChI=1S/C22H30O3.C7H16O/c1-6-24-16-15-21(2,3)25-20-13-9-18(10-14-20)22(4,5)17-7-11-19(23)12-8-17;1-4-5-6-8-7(2)3/h7-14,23H,6,15-16H2,1-5H3;7H,4-6H2,1-3H3. The Hall–Kier alpha value is -2.04. The Balaban J connectivity index is 0.000000582. The van der Waals surface area contributed by atoms with Gasteiger partial charge in [0.1, 0.15) is 17.1 Å². The summed E-state index contributed by atoms with van der Waals surface area (Å²) in [5, 5.41) is 9.49. The summed E-state index contributed by atoms with van der Waals surface area (Å²) in [5.74, 6) is 1.16. The molecule has 33 heavy (non-hydrogen) atoms. The second-order valence-corrected chi connectivity index (χ2v) is 9.78. The Morgan fingerprint density at radius 1 is 0.818 bits per heavy atom. The molecular formula is C29H46O4. The molecule has 0 aliphatic heterocycles. The van der Waals surface area contributed by atoms with Gasteiger partial charge in [0.25, 0.3) is 0 Å². The topological polar surface area (TPSA) is 47.9 Å². The molecule has 0 heterocycles. The Morgan fingerprint density at radius 2 is 1.36 bits per heavy atom. The lowest BCUT2D eigenvalue weighted by atomic mass is 9.78. The number of hydrogen-bond acceptors (Lipinski definition) is 4. The summed E-state index contributed by atoms with van der Waals surface area (Å²) >= 11 is 0. The van der Waals surface area contributed by atoms with Crippen molar-refractivity contribution in [3.8, 4) is 11.5 Å². The fourth-order valence-electron chi connectivity index (χ4n) is 3.28. The highest BCUT2D eigenvalue weighted by Gasteiger charge is 2.24. The average Bonchev–Trinajstić information content (AvgIpc) is 2.75. The van der Waals surface area contributed by atoms with Gasteiger partial charge in [-0.25, -0.2) is 0 Å². The highest BCUT2D eigenvalue weighted by molar-refractivity contribution is 5.41. The zero-order valence-electron chi connectivity index (χ0n) is 22.1. The molecule has 4 nitrogen and oxygen atoms in total. The van der Waals surface area contributed by atoms with E-state index in [2.05, 4.69) is 60.6 Å². The van der Waals surface area contributed by atoms with Crippen LogP contribution in [0.2, 0.25) is 0 Å². The summed E-state index contributed by atoms with van der Waals surface area (Å²) in [4.78, 5) is 0. The molecule has 2 aromatic carbocycles. The molecule has 0 amide bonds. The normalized spacial score (nSPS) is 11.8. The highest BCUT2D eigenvalue weighted by atomic mass is 16.5. The van der Waals surface area contributed by atoms with Crippen LogP contribution < -0.4 is 4.74 Å². The molecule has 4 heteroatoms. The Kier molecular flexibility index (Phi) is 12.5. The molecule has 0 unspecified atom stereocenters. The summed E-state index contributed by atoms with van der Waals surface area (Å²) in [5.41, 5.74) is 1.97. The summed E-state index contributed by atoms with van der Waals surface area (Å²) in [7, 11) is 0. The summed E-state index contributed by atoms with van der Waals surface area (Å²) in [6, 6.07) is 15.7. The minimum Gasteiger partial charge on any atom is -0.508 e. The first-order chi connectivity index (χ1) is 15.5. The quantitative estimate of drug-likeness (QED) is 0.334. The van der Waals surface area contributed by atoms with Crippen molar-refractivity contribution in [1.29, 1.82) is 0 Å². The van der Waals surface area contributed by atoms with Gasteiger partial charge in [0.15, 0.2) is 0 Å². The zero-order valence-corrected chi connectivity index (χ0v) is 22.1. The van der Waals surface area contributed by atoms with Crippen LogP contribution in [0.3, 0.4) is 0 Å². The Labute approximate surface area is 202 Å². The summed E-state index contributed by atoms with van der Waals surface area (Å²) in [6.07, 6.45) is 3.67. The van der Waals surface area contributed by atoms with Gasteiger partial charge in [-0.3, -0.25) is 0 Å². The van der Waals surface area contributed by atoms with Crippen LogP contribution in [-0.4, -0.2) is 36.6 Å². The maximum atomic E-state index is 9.49. The van der Waals surface area contributed by atoms with Gasteiger partial charge in [0, 0.05) is 25.0 Å². The molecule has 0 saturated carbocycles. The van der Waals surface area contributed by atoms with Gasteiger partial charge >= 0.3 is 0 Å². The van der Waals surface area contributed by atoms with Crippen LogP contribution in [0.25, 0.3) is 0 Å². The lowest BCUT2D eigenvalue weighted by Crippen LogP contribution is -2.30. The Bertz CT molecular complexity index is 761. The fourth-order valence-corrected chi connectivity index (χ4v) is 3.28. The summed E-state index contributed by atoms with van der Waals surface area (Å²) < 4.78 is 16.8. The molecule has 0 aliphatic carbocycles. The zero-order chi connectivity index (χ0) is 24.9. The number of phenols is 1. The predicted molar refractivity (Wildman–Crippen MR) is 138 cm³/mol. The molecule has 0 fully saturated rings. The van der Waals surface area contributed by atoms with Crippen molar-refractivity contribution in [2.24, 2.45) is 0 Å². The van der Waals surface area contributed by atoms with Gasteiger partial charge in [-0.15, -0.1) is 0 Å². The van der Waals surface area contributed by atoms with E-state index in [-0.39, 0.29) is 16.8 Å². The second kappa shape index (κ2) is 14.3. The first-order valence-electron chi connectivity index (χ1n) is 12.3. The molecule has 2 aromatic rings. The van der Waals surface area contributed by atoms with E-state index < -0.39 is 0 Å². The molecule has 0 atom stereocenters. The van der Waals surface area contributed by atoms with Crippen LogP contribution in [0.1, 0.15) is 85.8 Å². The lowest BCUT2D eigenvalue weighted by Gasteiger charge is -2.28. The van der Waals surface area contributed by atoms with Gasteiger partial charge in [-0.2, -0.15) is 0 Å². The van der Waals surface area contributed by atoms with Gasteiger partial charge < -0.3 is 19.3 Å². The van der Waals surface area contributed by atoms with Crippen molar-refractivity contribution in [2.75, 3.05) is 19.8 Å². The van der Waals surface area contributed by atoms with E-state index in [1.54, 1.807) is 12.1 Å². The minimum atomic E-state index is -0.261. The number of hydrogen-bond donors (Lipinski definition) is 1. The number of unbranched alkanes of at least 4 members (excludes halogenated alkanes) is 1. The van der Waals surface area contributed by atoms with E-state index in [9.17, 15) is 5.11 Å². The Morgan fingerprint density at radius 3 is 1.85 bits per heavy atom. The first-order valence-corrected chi connectivity index (χ1v) is 12.3. The molecule has 0 spiro atoms. The van der Waals surface area contributed by atoms with E-state index in [0.717, 1.165) is 30.9 Å². The number of rotatable bonds is 12. The van der Waals surface area contributed by atoms with Gasteiger partial charge in [-0.1, -0.05) is 51.5 Å². The predicted octanol–water partition coefficient (Wildman–Crippen LogP) is 7.51. The molecular weight excluding hydrogens is 412 g/mol. The van der Waals surface area contributed by atoms with Crippen LogP contribution in [0.15, 0.2) is 48.5 Å². The van der Waals surface area contributed by atoms with Crippen LogP contribution in [0.5, 0.6) is 11.5 Å².